The van der Waals surface area contributed by atoms with Crippen LogP contribution in [0.2, 0.25) is 0 Å². The van der Waals surface area contributed by atoms with E-state index in [0.717, 1.165) is 36.3 Å². The van der Waals surface area contributed by atoms with Crippen molar-refractivity contribution < 1.29 is 4.79 Å². The molecule has 1 amide bonds. The zero-order chi connectivity index (χ0) is 18.9. The highest BCUT2D eigenvalue weighted by Gasteiger charge is 2.24. The number of guanidine groups is 1. The van der Waals surface area contributed by atoms with Crippen molar-refractivity contribution in [3.63, 3.8) is 0 Å². The van der Waals surface area contributed by atoms with Gasteiger partial charge in [0.2, 0.25) is 5.91 Å². The van der Waals surface area contributed by atoms with Crippen molar-refractivity contribution in [2.24, 2.45) is 4.99 Å². The van der Waals surface area contributed by atoms with Crippen molar-refractivity contribution in [3.8, 4) is 0 Å². The van der Waals surface area contributed by atoms with Crippen molar-refractivity contribution in [1.29, 1.82) is 0 Å². The Balaban J connectivity index is 0.00000364. The zero-order valence-electron chi connectivity index (χ0n) is 16.1. The number of likely N-dealkylation sites (N-methyl/N-ethyl adjacent to an activating group) is 1. The van der Waals surface area contributed by atoms with Crippen molar-refractivity contribution in [1.82, 2.24) is 15.5 Å². The van der Waals surface area contributed by atoms with Gasteiger partial charge in [-0.05, 0) is 40.7 Å². The van der Waals surface area contributed by atoms with Gasteiger partial charge in [-0.3, -0.25) is 4.79 Å². The molecule has 0 bridgehead atoms. The van der Waals surface area contributed by atoms with Crippen LogP contribution < -0.4 is 15.5 Å². The molecule has 1 saturated heterocycles. The van der Waals surface area contributed by atoms with E-state index < -0.39 is 0 Å². The minimum Gasteiger partial charge on any atom is -0.368 e. The molecule has 1 atom stereocenters. The Labute approximate surface area is 192 Å². The smallest absolute Gasteiger partial charge is 0.243 e. The van der Waals surface area contributed by atoms with E-state index in [1.165, 1.54) is 5.69 Å². The number of hydrogen-bond donors (Lipinski definition) is 2. The highest BCUT2D eigenvalue weighted by Crippen LogP contribution is 2.28. The van der Waals surface area contributed by atoms with Gasteiger partial charge in [0, 0.05) is 50.0 Å². The third-order valence-electron chi connectivity index (χ3n) is 4.19. The van der Waals surface area contributed by atoms with Gasteiger partial charge in [-0.25, -0.2) is 4.99 Å². The fourth-order valence-corrected chi connectivity index (χ4v) is 3.55. The molecule has 0 spiro atoms. The molecule has 2 rings (SSSR count). The van der Waals surface area contributed by atoms with E-state index in [4.69, 9.17) is 0 Å². The molecule has 1 aromatic carbocycles. The molecule has 2 N–H and O–H groups in total. The molecule has 27 heavy (non-hydrogen) atoms. The average Bonchev–Trinajstić information content (AvgIpc) is 3.08. The van der Waals surface area contributed by atoms with Crippen molar-refractivity contribution >= 4 is 69.2 Å². The number of amides is 1. The van der Waals surface area contributed by atoms with E-state index in [0.29, 0.717) is 12.0 Å². The molecule has 1 unspecified atom stereocenters. The Morgan fingerprint density at radius 2 is 2.15 bits per heavy atom. The van der Waals surface area contributed by atoms with Crippen LogP contribution in [0.5, 0.6) is 0 Å². The maximum atomic E-state index is 11.8. The molecule has 1 aromatic rings. The Hall–Kier alpha value is -0.680. The van der Waals surface area contributed by atoms with Crippen LogP contribution in [0.15, 0.2) is 33.7 Å². The topological polar surface area (TPSA) is 60.0 Å². The van der Waals surface area contributed by atoms with Gasteiger partial charge >= 0.3 is 0 Å². The Morgan fingerprint density at radius 1 is 1.41 bits per heavy atom. The molecule has 0 saturated carbocycles. The zero-order valence-corrected chi connectivity index (χ0v) is 20.8. The number of carbonyl (C=O) groups excluding carboxylic acids is 1. The Kier molecular flexibility index (Phi) is 11.5. The van der Waals surface area contributed by atoms with Crippen molar-refractivity contribution in [2.75, 3.05) is 57.2 Å². The summed E-state index contributed by atoms with van der Waals surface area (Å²) in [5.74, 6) is 1.71. The summed E-state index contributed by atoms with van der Waals surface area (Å²) in [7, 11) is 3.50. The molecule has 1 fully saturated rings. The summed E-state index contributed by atoms with van der Waals surface area (Å²) in [4.78, 5) is 20.2. The lowest BCUT2D eigenvalue weighted by Crippen LogP contribution is -2.45. The Bertz CT molecular complexity index is 632. The Morgan fingerprint density at radius 3 is 2.81 bits per heavy atom. The number of anilines is 1. The largest absolute Gasteiger partial charge is 0.368 e. The number of carbonyl (C=O) groups is 1. The first kappa shape index (κ1) is 24.4. The summed E-state index contributed by atoms with van der Waals surface area (Å²) in [6.45, 7) is 2.88. The van der Waals surface area contributed by atoms with Crippen LogP contribution in [0, 0.1) is 0 Å². The van der Waals surface area contributed by atoms with Gasteiger partial charge in [0.1, 0.15) is 6.54 Å². The van der Waals surface area contributed by atoms with Crippen LogP contribution in [-0.2, 0) is 4.79 Å². The van der Waals surface area contributed by atoms with Crippen LogP contribution in [0.25, 0.3) is 0 Å². The highest BCUT2D eigenvalue weighted by atomic mass is 127. The summed E-state index contributed by atoms with van der Waals surface area (Å²) in [6, 6.07) is 8.59. The van der Waals surface area contributed by atoms with Gasteiger partial charge in [0.05, 0.1) is 5.69 Å². The molecule has 0 aromatic heterocycles. The number of aliphatic imine (C=N–C) groups is 1. The SMILES string of the molecule is CSCCNC(=NCC(=O)N(C)C)NC1CCN(c2ccccc2Br)C1.I. The van der Waals surface area contributed by atoms with Crippen molar-refractivity contribution in [2.45, 2.75) is 12.5 Å². The first-order valence-corrected chi connectivity index (χ1v) is 10.9. The number of nitrogens with zero attached hydrogens (tertiary/aromatic N) is 3. The lowest BCUT2D eigenvalue weighted by Gasteiger charge is -2.21. The number of rotatable bonds is 7. The van der Waals surface area contributed by atoms with E-state index in [2.05, 4.69) is 60.9 Å². The van der Waals surface area contributed by atoms with Crippen LogP contribution in [0.1, 0.15) is 6.42 Å². The summed E-state index contributed by atoms with van der Waals surface area (Å²) < 4.78 is 1.12. The fraction of sp³-hybridized carbons (Fsp3) is 0.556. The van der Waals surface area contributed by atoms with Crippen LogP contribution >= 0.6 is 51.7 Å². The van der Waals surface area contributed by atoms with Gasteiger partial charge in [0.15, 0.2) is 5.96 Å². The molecule has 1 aliphatic heterocycles. The molecule has 6 nitrogen and oxygen atoms in total. The number of hydrogen-bond acceptors (Lipinski definition) is 4. The van der Waals surface area contributed by atoms with E-state index in [1.807, 2.05) is 6.07 Å². The monoisotopic (exact) mass is 569 g/mol. The first-order chi connectivity index (χ1) is 12.5. The summed E-state index contributed by atoms with van der Waals surface area (Å²) in [5, 5.41) is 6.82. The van der Waals surface area contributed by atoms with Crippen LogP contribution in [-0.4, -0.2) is 75.1 Å². The third kappa shape index (κ3) is 8.06. The lowest BCUT2D eigenvalue weighted by atomic mass is 10.3. The molecule has 152 valence electrons. The molecule has 0 radical (unpaired) electrons. The number of thioether (sulfide) groups is 1. The van der Waals surface area contributed by atoms with Gasteiger partial charge in [-0.15, -0.1) is 24.0 Å². The fourth-order valence-electron chi connectivity index (χ4n) is 2.71. The maximum absolute atomic E-state index is 11.8. The standard InChI is InChI=1S/C18H28BrN5OS.HI/c1-23(2)17(25)12-21-18(20-9-11-26-3)22-14-8-10-24(13-14)16-7-5-4-6-15(16)19;/h4-7,14H,8-13H2,1-3H3,(H2,20,21,22);1H. The summed E-state index contributed by atoms with van der Waals surface area (Å²) >= 11 is 5.41. The molecule has 1 heterocycles. The predicted molar refractivity (Wildman–Crippen MR) is 131 cm³/mol. The molecule has 0 aliphatic carbocycles. The number of nitrogens with one attached hydrogen (secondary N) is 2. The minimum atomic E-state index is -0.00256. The summed E-state index contributed by atoms with van der Waals surface area (Å²) in [6.07, 6.45) is 3.11. The second-order valence-corrected chi connectivity index (χ2v) is 8.24. The third-order valence-corrected chi connectivity index (χ3v) is 5.48. The highest BCUT2D eigenvalue weighted by molar-refractivity contribution is 14.0. The average molecular weight is 570 g/mol. The maximum Gasteiger partial charge on any atom is 0.243 e. The molecular formula is C18H29BrIN5OS. The van der Waals surface area contributed by atoms with E-state index in [9.17, 15) is 4.79 Å². The first-order valence-electron chi connectivity index (χ1n) is 8.74. The number of para-hydroxylation sites is 1. The lowest BCUT2D eigenvalue weighted by molar-refractivity contribution is -0.127. The van der Waals surface area contributed by atoms with E-state index in [1.54, 1.807) is 30.8 Å². The molecule has 9 heteroatoms. The van der Waals surface area contributed by atoms with E-state index >= 15 is 0 Å². The number of benzene rings is 1. The van der Waals surface area contributed by atoms with Gasteiger partial charge < -0.3 is 20.4 Å². The minimum absolute atomic E-state index is 0. The molecule has 1 aliphatic rings. The number of halogens is 2. The van der Waals surface area contributed by atoms with Gasteiger partial charge in [-0.1, -0.05) is 12.1 Å². The quantitative estimate of drug-likeness (QED) is 0.229. The van der Waals surface area contributed by atoms with Crippen LogP contribution in [0.3, 0.4) is 0 Å². The second-order valence-electron chi connectivity index (χ2n) is 6.40. The van der Waals surface area contributed by atoms with Crippen LogP contribution in [0.4, 0.5) is 5.69 Å². The van der Waals surface area contributed by atoms with E-state index in [-0.39, 0.29) is 36.4 Å². The molecular weight excluding hydrogens is 541 g/mol. The normalized spacial score (nSPS) is 16.7. The summed E-state index contributed by atoms with van der Waals surface area (Å²) in [5.41, 5.74) is 1.22. The van der Waals surface area contributed by atoms with Gasteiger partial charge in [-0.2, -0.15) is 11.8 Å². The second kappa shape index (κ2) is 12.7. The van der Waals surface area contributed by atoms with Gasteiger partial charge in [0.25, 0.3) is 0 Å². The predicted octanol–water partition coefficient (Wildman–Crippen LogP) is 2.63. The van der Waals surface area contributed by atoms with Crippen molar-refractivity contribution in [3.05, 3.63) is 28.7 Å².